The molecule has 0 spiro atoms. The lowest BCUT2D eigenvalue weighted by atomic mass is 10.2. The minimum absolute atomic E-state index is 0.553. The van der Waals surface area contributed by atoms with Gasteiger partial charge in [0.2, 0.25) is 0 Å². The predicted octanol–water partition coefficient (Wildman–Crippen LogP) is 3.75. The quantitative estimate of drug-likeness (QED) is 0.658. The predicted molar refractivity (Wildman–Crippen MR) is 65.0 cm³/mol. The minimum atomic E-state index is 0.553. The summed E-state index contributed by atoms with van der Waals surface area (Å²) in [6, 6.07) is 9.76. The van der Waals surface area contributed by atoms with E-state index in [2.05, 4.69) is 6.58 Å². The Balaban J connectivity index is 2.52. The van der Waals surface area contributed by atoms with Gasteiger partial charge in [-0.1, -0.05) is 49.1 Å². The average molecular weight is 200 g/mol. The normalized spacial score (nSPS) is 11.7. The number of ether oxygens (including phenoxy) is 1. The van der Waals surface area contributed by atoms with Gasteiger partial charge in [-0.2, -0.15) is 0 Å². The molecule has 0 atom stereocenters. The maximum Gasteiger partial charge on any atom is 0.119 e. The maximum atomic E-state index is 5.58. The number of hydrogen-bond donors (Lipinski definition) is 0. The second-order valence-electron chi connectivity index (χ2n) is 3.07. The first kappa shape index (κ1) is 11.3. The summed E-state index contributed by atoms with van der Waals surface area (Å²) in [6.45, 7) is 6.28. The van der Waals surface area contributed by atoms with Crippen LogP contribution in [0.2, 0.25) is 0 Å². The second-order valence-corrected chi connectivity index (χ2v) is 3.07. The summed E-state index contributed by atoms with van der Waals surface area (Å²) in [7, 11) is 0. The smallest absolute Gasteiger partial charge is 0.119 e. The molecular weight excluding hydrogens is 184 g/mol. The van der Waals surface area contributed by atoms with Crippen LogP contribution in [0.1, 0.15) is 6.92 Å². The van der Waals surface area contributed by atoms with Crippen LogP contribution in [0.25, 0.3) is 0 Å². The van der Waals surface area contributed by atoms with E-state index in [0.29, 0.717) is 6.61 Å². The molecule has 0 aromatic heterocycles. The number of allylic oxidation sites excluding steroid dienone is 3. The van der Waals surface area contributed by atoms with Gasteiger partial charge in [0, 0.05) is 0 Å². The van der Waals surface area contributed by atoms with Crippen LogP contribution >= 0.6 is 0 Å². The van der Waals surface area contributed by atoms with E-state index in [0.717, 1.165) is 11.3 Å². The zero-order valence-corrected chi connectivity index (χ0v) is 9.02. The Morgan fingerprint density at radius 3 is 2.67 bits per heavy atom. The zero-order valence-electron chi connectivity index (χ0n) is 9.02. The molecule has 0 heterocycles. The average Bonchev–Trinajstić information content (AvgIpc) is 2.31. The third kappa shape index (κ3) is 4.32. The van der Waals surface area contributed by atoms with Gasteiger partial charge in [0.15, 0.2) is 0 Å². The summed E-state index contributed by atoms with van der Waals surface area (Å²) in [5, 5.41) is 0. The molecule has 0 bridgehead atoms. The molecule has 1 aromatic rings. The number of hydrogen-bond acceptors (Lipinski definition) is 1. The summed E-state index contributed by atoms with van der Waals surface area (Å²) in [5.41, 5.74) is 1.07. The van der Waals surface area contributed by atoms with Crippen LogP contribution in [0.4, 0.5) is 0 Å². The molecule has 1 nitrogen and oxygen atoms in total. The lowest BCUT2D eigenvalue weighted by molar-refractivity contribution is 0.355. The highest BCUT2D eigenvalue weighted by molar-refractivity contribution is 5.26. The van der Waals surface area contributed by atoms with Crippen LogP contribution < -0.4 is 4.74 Å². The van der Waals surface area contributed by atoms with Crippen molar-refractivity contribution in [3.63, 3.8) is 0 Å². The van der Waals surface area contributed by atoms with Crippen LogP contribution in [0.15, 0.2) is 66.8 Å². The van der Waals surface area contributed by atoms with Crippen molar-refractivity contribution in [3.05, 3.63) is 66.8 Å². The van der Waals surface area contributed by atoms with Crippen molar-refractivity contribution >= 4 is 0 Å². The van der Waals surface area contributed by atoms with Gasteiger partial charge in [-0.25, -0.2) is 0 Å². The topological polar surface area (TPSA) is 9.23 Å². The molecule has 0 amide bonds. The molecule has 0 unspecified atom stereocenters. The molecule has 1 rings (SSSR count). The first-order valence-electron chi connectivity index (χ1n) is 4.99. The van der Waals surface area contributed by atoms with Crippen LogP contribution in [-0.2, 0) is 0 Å². The molecule has 0 radical (unpaired) electrons. The van der Waals surface area contributed by atoms with E-state index >= 15 is 0 Å². The number of benzene rings is 1. The molecule has 0 aliphatic rings. The fraction of sp³-hybridized carbons (Fsp3) is 0.143. The van der Waals surface area contributed by atoms with Crippen molar-refractivity contribution in [1.29, 1.82) is 0 Å². The standard InChI is InChI=1S/C14H16O/c1-3-5-9-13(4-2)12-15-14-10-7-6-8-11-14/h3-11H,2,12H2,1H3/b5-3-,13-9+. The Labute approximate surface area is 91.4 Å². The van der Waals surface area contributed by atoms with Gasteiger partial charge < -0.3 is 4.74 Å². The molecule has 0 aliphatic carbocycles. The molecule has 0 fully saturated rings. The van der Waals surface area contributed by atoms with E-state index in [1.807, 2.05) is 61.6 Å². The van der Waals surface area contributed by atoms with Gasteiger partial charge in [-0.3, -0.25) is 0 Å². The summed E-state index contributed by atoms with van der Waals surface area (Å²) >= 11 is 0. The molecule has 0 saturated carbocycles. The van der Waals surface area contributed by atoms with Gasteiger partial charge in [-0.15, -0.1) is 0 Å². The van der Waals surface area contributed by atoms with Crippen LogP contribution in [-0.4, -0.2) is 6.61 Å². The molecular formula is C14H16O. The SMILES string of the molecule is C=C/C(=C\C=C/C)COc1ccccc1. The Morgan fingerprint density at radius 2 is 2.07 bits per heavy atom. The molecule has 0 saturated heterocycles. The highest BCUT2D eigenvalue weighted by Crippen LogP contribution is 2.10. The van der Waals surface area contributed by atoms with E-state index in [-0.39, 0.29) is 0 Å². The van der Waals surface area contributed by atoms with Crippen molar-refractivity contribution in [2.24, 2.45) is 0 Å². The van der Waals surface area contributed by atoms with Crippen molar-refractivity contribution in [2.75, 3.05) is 6.61 Å². The third-order valence-electron chi connectivity index (χ3n) is 1.91. The van der Waals surface area contributed by atoms with E-state index in [9.17, 15) is 0 Å². The molecule has 15 heavy (non-hydrogen) atoms. The molecule has 0 N–H and O–H groups in total. The lowest BCUT2D eigenvalue weighted by Crippen LogP contribution is -1.98. The van der Waals surface area contributed by atoms with Gasteiger partial charge in [0.05, 0.1) is 0 Å². The van der Waals surface area contributed by atoms with Gasteiger partial charge >= 0.3 is 0 Å². The highest BCUT2D eigenvalue weighted by atomic mass is 16.5. The van der Waals surface area contributed by atoms with E-state index < -0.39 is 0 Å². The molecule has 78 valence electrons. The van der Waals surface area contributed by atoms with E-state index in [1.165, 1.54) is 0 Å². The molecule has 0 aliphatic heterocycles. The highest BCUT2D eigenvalue weighted by Gasteiger charge is 1.93. The Kier molecular flexibility index (Phi) is 5.02. The second kappa shape index (κ2) is 6.66. The van der Waals surface area contributed by atoms with Crippen LogP contribution in [0.5, 0.6) is 5.75 Å². The van der Waals surface area contributed by atoms with E-state index in [1.54, 1.807) is 0 Å². The first-order chi connectivity index (χ1) is 7.36. The van der Waals surface area contributed by atoms with Crippen molar-refractivity contribution in [3.8, 4) is 5.75 Å². The van der Waals surface area contributed by atoms with Crippen LogP contribution in [0.3, 0.4) is 0 Å². The van der Waals surface area contributed by atoms with Crippen molar-refractivity contribution < 1.29 is 4.74 Å². The Morgan fingerprint density at radius 1 is 1.33 bits per heavy atom. The molecule has 1 aromatic carbocycles. The van der Waals surface area contributed by atoms with Gasteiger partial charge in [-0.05, 0) is 24.6 Å². The fourth-order valence-corrected chi connectivity index (χ4v) is 1.08. The first-order valence-corrected chi connectivity index (χ1v) is 4.99. The number of rotatable bonds is 5. The lowest BCUT2D eigenvalue weighted by Gasteiger charge is -2.05. The maximum absolute atomic E-state index is 5.58. The van der Waals surface area contributed by atoms with Crippen LogP contribution in [0, 0.1) is 0 Å². The molecule has 1 heteroatoms. The summed E-state index contributed by atoms with van der Waals surface area (Å²) in [5.74, 6) is 0.880. The van der Waals surface area contributed by atoms with Gasteiger partial charge in [0.25, 0.3) is 0 Å². The Hall–Kier alpha value is -1.76. The third-order valence-corrected chi connectivity index (χ3v) is 1.91. The van der Waals surface area contributed by atoms with E-state index in [4.69, 9.17) is 4.74 Å². The zero-order chi connectivity index (χ0) is 10.9. The number of para-hydroxylation sites is 1. The fourth-order valence-electron chi connectivity index (χ4n) is 1.08. The minimum Gasteiger partial charge on any atom is -0.489 e. The van der Waals surface area contributed by atoms with Crippen molar-refractivity contribution in [1.82, 2.24) is 0 Å². The summed E-state index contributed by atoms with van der Waals surface area (Å²) in [4.78, 5) is 0. The largest absolute Gasteiger partial charge is 0.489 e. The Bertz CT molecular complexity index is 347. The monoisotopic (exact) mass is 200 g/mol. The van der Waals surface area contributed by atoms with Gasteiger partial charge in [0.1, 0.15) is 12.4 Å². The summed E-state index contributed by atoms with van der Waals surface area (Å²) in [6.07, 6.45) is 7.76. The summed E-state index contributed by atoms with van der Waals surface area (Å²) < 4.78 is 5.58. The van der Waals surface area contributed by atoms with Crippen molar-refractivity contribution in [2.45, 2.75) is 6.92 Å².